The van der Waals surface area contributed by atoms with E-state index in [9.17, 15) is 14.9 Å². The van der Waals surface area contributed by atoms with Gasteiger partial charge in [0.05, 0.1) is 22.6 Å². The van der Waals surface area contributed by atoms with Crippen LogP contribution in [-0.4, -0.2) is 27.7 Å². The zero-order chi connectivity index (χ0) is 9.84. The van der Waals surface area contributed by atoms with Crippen LogP contribution in [0.5, 0.6) is 0 Å². The fourth-order valence-corrected chi connectivity index (χ4v) is 1.28. The average Bonchev–Trinajstić information content (AvgIpc) is 2.52. The lowest BCUT2D eigenvalue weighted by atomic mass is 10.3. The molecular weight excluding hydrogens is 192 g/mol. The van der Waals surface area contributed by atoms with Gasteiger partial charge in [-0.1, -0.05) is 0 Å². The molecule has 0 saturated carbocycles. The van der Waals surface area contributed by atoms with Gasteiger partial charge in [-0.2, -0.15) is 11.8 Å². The van der Waals surface area contributed by atoms with E-state index in [2.05, 4.69) is 4.98 Å². The van der Waals surface area contributed by atoms with Crippen molar-refractivity contribution < 1.29 is 9.72 Å². The first-order chi connectivity index (χ1) is 6.15. The fourth-order valence-electron chi connectivity index (χ4n) is 0.858. The van der Waals surface area contributed by atoms with Crippen molar-refractivity contribution in [1.29, 1.82) is 0 Å². The largest absolute Gasteiger partial charge is 0.353 e. The van der Waals surface area contributed by atoms with Gasteiger partial charge in [0.25, 0.3) is 5.69 Å². The van der Waals surface area contributed by atoms with Gasteiger partial charge in [-0.25, -0.2) is 0 Å². The summed E-state index contributed by atoms with van der Waals surface area (Å²) in [6, 6.07) is 1.25. The highest BCUT2D eigenvalue weighted by molar-refractivity contribution is 7.99. The van der Waals surface area contributed by atoms with E-state index in [-0.39, 0.29) is 11.5 Å². The van der Waals surface area contributed by atoms with Crippen molar-refractivity contribution in [3.8, 4) is 0 Å². The van der Waals surface area contributed by atoms with Gasteiger partial charge in [-0.05, 0) is 6.26 Å². The molecule has 0 amide bonds. The molecule has 0 bridgehead atoms. The van der Waals surface area contributed by atoms with Crippen LogP contribution in [0.1, 0.15) is 10.5 Å². The molecule has 0 aliphatic heterocycles. The minimum atomic E-state index is -0.535. The summed E-state index contributed by atoms with van der Waals surface area (Å²) in [5.41, 5.74) is 0.213. The molecule has 1 rings (SSSR count). The van der Waals surface area contributed by atoms with Crippen LogP contribution in [0.3, 0.4) is 0 Å². The van der Waals surface area contributed by atoms with E-state index in [4.69, 9.17) is 0 Å². The van der Waals surface area contributed by atoms with Gasteiger partial charge in [0.2, 0.25) is 0 Å². The maximum absolute atomic E-state index is 11.2. The van der Waals surface area contributed by atoms with Gasteiger partial charge in [-0.15, -0.1) is 0 Å². The number of nitrogens with zero attached hydrogens (tertiary/aromatic N) is 1. The van der Waals surface area contributed by atoms with Crippen LogP contribution < -0.4 is 0 Å². The molecule has 0 atom stereocenters. The van der Waals surface area contributed by atoms with Crippen LogP contribution in [-0.2, 0) is 0 Å². The Morgan fingerprint density at radius 1 is 1.77 bits per heavy atom. The first-order valence-electron chi connectivity index (χ1n) is 3.50. The number of hydrogen-bond acceptors (Lipinski definition) is 4. The van der Waals surface area contributed by atoms with E-state index in [1.54, 1.807) is 6.26 Å². The van der Waals surface area contributed by atoms with E-state index < -0.39 is 4.92 Å². The topological polar surface area (TPSA) is 76.0 Å². The molecule has 1 aromatic heterocycles. The second kappa shape index (κ2) is 4.08. The summed E-state index contributed by atoms with van der Waals surface area (Å²) in [7, 11) is 0. The molecular formula is C7H8N2O3S. The molecule has 0 spiro atoms. The van der Waals surface area contributed by atoms with Crippen molar-refractivity contribution in [3.05, 3.63) is 28.1 Å². The molecule has 1 N–H and O–H groups in total. The molecule has 0 aliphatic rings. The average molecular weight is 200 g/mol. The molecule has 5 nitrogen and oxygen atoms in total. The summed E-state index contributed by atoms with van der Waals surface area (Å²) in [5, 5.41) is 10.3. The highest BCUT2D eigenvalue weighted by Gasteiger charge is 2.13. The number of carbonyl (C=O) groups excluding carboxylic acids is 1. The third kappa shape index (κ3) is 2.32. The number of H-pyrrole nitrogens is 1. The molecule has 6 heteroatoms. The van der Waals surface area contributed by atoms with Gasteiger partial charge in [0.15, 0.2) is 5.78 Å². The third-order valence-electron chi connectivity index (χ3n) is 1.45. The minimum Gasteiger partial charge on any atom is -0.353 e. The molecule has 0 fully saturated rings. The summed E-state index contributed by atoms with van der Waals surface area (Å²) in [6.45, 7) is 0. The van der Waals surface area contributed by atoms with Gasteiger partial charge in [-0.3, -0.25) is 14.9 Å². The van der Waals surface area contributed by atoms with Crippen LogP contribution in [0, 0.1) is 10.1 Å². The SMILES string of the molecule is CSCC(=O)c1cc([N+](=O)[O-])c[nH]1. The molecule has 1 heterocycles. The van der Waals surface area contributed by atoms with Gasteiger partial charge in [0, 0.05) is 6.07 Å². The zero-order valence-electron chi connectivity index (χ0n) is 6.94. The monoisotopic (exact) mass is 200 g/mol. The lowest BCUT2D eigenvalue weighted by molar-refractivity contribution is -0.384. The highest BCUT2D eigenvalue weighted by atomic mass is 32.2. The molecule has 0 unspecified atom stereocenters. The van der Waals surface area contributed by atoms with Gasteiger partial charge in [0.1, 0.15) is 0 Å². The maximum Gasteiger partial charge on any atom is 0.287 e. The molecule has 0 aliphatic carbocycles. The molecule has 1 aromatic rings. The van der Waals surface area contributed by atoms with Crippen LogP contribution in [0.15, 0.2) is 12.3 Å². The highest BCUT2D eigenvalue weighted by Crippen LogP contribution is 2.13. The van der Waals surface area contributed by atoms with Crippen LogP contribution >= 0.6 is 11.8 Å². The number of aromatic amines is 1. The van der Waals surface area contributed by atoms with Crippen LogP contribution in [0.4, 0.5) is 5.69 Å². The quantitative estimate of drug-likeness (QED) is 0.453. The van der Waals surface area contributed by atoms with Crippen molar-refractivity contribution in [1.82, 2.24) is 4.98 Å². The summed E-state index contributed by atoms with van der Waals surface area (Å²) in [4.78, 5) is 23.5. The predicted octanol–water partition coefficient (Wildman–Crippen LogP) is 1.47. The fraction of sp³-hybridized carbons (Fsp3) is 0.286. The standard InChI is InChI=1S/C7H8N2O3S/c1-13-4-7(10)6-2-5(3-8-6)9(11)12/h2-3,8H,4H2,1H3. The predicted molar refractivity (Wildman–Crippen MR) is 50.2 cm³/mol. The Balaban J connectivity index is 2.79. The van der Waals surface area contributed by atoms with E-state index in [0.29, 0.717) is 11.4 Å². The molecule has 0 saturated heterocycles. The van der Waals surface area contributed by atoms with Crippen molar-refractivity contribution in [2.24, 2.45) is 0 Å². The summed E-state index contributed by atoms with van der Waals surface area (Å²) >= 11 is 1.38. The first kappa shape index (κ1) is 9.79. The number of Topliss-reactive ketones (excluding diaryl/α,β-unsaturated/α-hetero) is 1. The molecule has 13 heavy (non-hydrogen) atoms. The Bertz CT molecular complexity index is 334. The summed E-state index contributed by atoms with van der Waals surface area (Å²) < 4.78 is 0. The van der Waals surface area contributed by atoms with Gasteiger partial charge >= 0.3 is 0 Å². The normalized spacial score (nSPS) is 9.92. The summed E-state index contributed by atoms with van der Waals surface area (Å²) in [5.74, 6) is 0.207. The lowest BCUT2D eigenvalue weighted by Gasteiger charge is -1.91. The number of nitro groups is 1. The maximum atomic E-state index is 11.2. The number of hydrogen-bond donors (Lipinski definition) is 1. The number of ketones is 1. The van der Waals surface area contributed by atoms with E-state index >= 15 is 0 Å². The first-order valence-corrected chi connectivity index (χ1v) is 4.89. The molecule has 0 aromatic carbocycles. The van der Waals surface area contributed by atoms with Gasteiger partial charge < -0.3 is 4.98 Å². The Kier molecular flexibility index (Phi) is 3.07. The number of thioether (sulfide) groups is 1. The van der Waals surface area contributed by atoms with Crippen molar-refractivity contribution in [3.63, 3.8) is 0 Å². The Hall–Kier alpha value is -1.30. The minimum absolute atomic E-state index is 0.0792. The number of carbonyl (C=O) groups is 1. The van der Waals surface area contributed by atoms with Crippen molar-refractivity contribution in [2.75, 3.05) is 12.0 Å². The number of rotatable bonds is 4. The van der Waals surface area contributed by atoms with Crippen LogP contribution in [0.2, 0.25) is 0 Å². The van der Waals surface area contributed by atoms with Crippen LogP contribution in [0.25, 0.3) is 0 Å². The second-order valence-electron chi connectivity index (χ2n) is 2.38. The lowest BCUT2D eigenvalue weighted by Crippen LogP contribution is -2.01. The van der Waals surface area contributed by atoms with Crippen molar-refractivity contribution >= 4 is 23.2 Å². The Morgan fingerprint density at radius 2 is 2.46 bits per heavy atom. The Morgan fingerprint density at radius 3 is 2.92 bits per heavy atom. The zero-order valence-corrected chi connectivity index (χ0v) is 7.76. The second-order valence-corrected chi connectivity index (χ2v) is 3.25. The molecule has 0 radical (unpaired) electrons. The molecule has 70 valence electrons. The van der Waals surface area contributed by atoms with E-state index in [1.165, 1.54) is 24.0 Å². The number of aromatic nitrogens is 1. The number of nitrogens with one attached hydrogen (secondary N) is 1. The van der Waals surface area contributed by atoms with E-state index in [0.717, 1.165) is 0 Å². The summed E-state index contributed by atoms with van der Waals surface area (Å²) in [6.07, 6.45) is 3.02. The Labute approximate surface area is 78.7 Å². The van der Waals surface area contributed by atoms with Crippen molar-refractivity contribution in [2.45, 2.75) is 0 Å². The third-order valence-corrected chi connectivity index (χ3v) is 2.01. The van der Waals surface area contributed by atoms with E-state index in [1.807, 2.05) is 0 Å². The smallest absolute Gasteiger partial charge is 0.287 e.